The van der Waals surface area contributed by atoms with Gasteiger partial charge in [0.2, 0.25) is 5.17 Å². The predicted molar refractivity (Wildman–Crippen MR) is 38.2 cm³/mol. The first-order valence-electron chi connectivity index (χ1n) is 2.24. The maximum Gasteiger partial charge on any atom is 0.322 e. The number of carbonyl (C=O) groups excluding carboxylic acids is 1. The lowest BCUT2D eigenvalue weighted by Crippen LogP contribution is -2.31. The molecule has 2 amide bonds. The third-order valence-electron chi connectivity index (χ3n) is 0.447. The standard InChI is InChI=1S/C2H5N5O3S/c3-1(8)6-11-2(4)5-7(9)10/h(H2,4,5)(H3,3,6,8). The highest BCUT2D eigenvalue weighted by molar-refractivity contribution is 8.12. The van der Waals surface area contributed by atoms with Crippen LogP contribution < -0.4 is 15.9 Å². The Kier molecular flexibility index (Phi) is 3.73. The summed E-state index contributed by atoms with van der Waals surface area (Å²) >= 11 is 0.419. The number of amides is 2. The topological polar surface area (TPSA) is 134 Å². The Morgan fingerprint density at radius 1 is 1.73 bits per heavy atom. The molecule has 0 aliphatic rings. The van der Waals surface area contributed by atoms with Crippen molar-refractivity contribution in [2.45, 2.75) is 0 Å². The lowest BCUT2D eigenvalue weighted by Gasteiger charge is -1.97. The van der Waals surface area contributed by atoms with Crippen LogP contribution in [0.15, 0.2) is 0 Å². The third kappa shape index (κ3) is 6.37. The minimum absolute atomic E-state index is 0.419. The molecule has 0 radical (unpaired) electrons. The zero-order chi connectivity index (χ0) is 8.85. The number of nitrogens with zero attached hydrogens (tertiary/aromatic N) is 1. The molecule has 8 nitrogen and oxygen atoms in total. The summed E-state index contributed by atoms with van der Waals surface area (Å²) in [6.07, 6.45) is 0. The molecule has 0 spiro atoms. The van der Waals surface area contributed by atoms with Crippen LogP contribution in [0.1, 0.15) is 0 Å². The summed E-state index contributed by atoms with van der Waals surface area (Å²) in [6, 6.07) is -0.870. The van der Waals surface area contributed by atoms with Crippen molar-refractivity contribution < 1.29 is 9.83 Å². The van der Waals surface area contributed by atoms with Gasteiger partial charge in [-0.25, -0.2) is 14.9 Å². The molecule has 9 heteroatoms. The zero-order valence-electron chi connectivity index (χ0n) is 5.16. The van der Waals surface area contributed by atoms with Gasteiger partial charge in [0.15, 0.2) is 5.03 Å². The van der Waals surface area contributed by atoms with Crippen LogP contribution in [0, 0.1) is 15.5 Å². The van der Waals surface area contributed by atoms with Crippen LogP contribution in [0.5, 0.6) is 0 Å². The van der Waals surface area contributed by atoms with E-state index in [1.165, 1.54) is 5.43 Å². The fourth-order valence-corrected chi connectivity index (χ4v) is 0.530. The van der Waals surface area contributed by atoms with E-state index in [1.807, 2.05) is 4.72 Å². The number of hydrogen-bond acceptors (Lipinski definition) is 5. The van der Waals surface area contributed by atoms with E-state index in [1.54, 1.807) is 0 Å². The highest BCUT2D eigenvalue weighted by atomic mass is 32.2. The molecule has 0 saturated carbocycles. The highest BCUT2D eigenvalue weighted by Crippen LogP contribution is 1.90. The zero-order valence-corrected chi connectivity index (χ0v) is 5.97. The van der Waals surface area contributed by atoms with Gasteiger partial charge in [-0.05, 0) is 0 Å². The Morgan fingerprint density at radius 2 is 2.27 bits per heavy atom. The number of rotatable bonds is 1. The largest absolute Gasteiger partial charge is 0.351 e. The molecule has 0 aliphatic carbocycles. The van der Waals surface area contributed by atoms with Gasteiger partial charge in [0.1, 0.15) is 0 Å². The Bertz CT molecular complexity index is 192. The average Bonchev–Trinajstić information content (AvgIpc) is 1.82. The van der Waals surface area contributed by atoms with Crippen LogP contribution in [0.2, 0.25) is 0 Å². The van der Waals surface area contributed by atoms with Gasteiger partial charge in [0.25, 0.3) is 0 Å². The molecular weight excluding hydrogens is 174 g/mol. The molecule has 0 atom stereocenters. The van der Waals surface area contributed by atoms with Crippen LogP contribution in [-0.2, 0) is 0 Å². The minimum atomic E-state index is -0.919. The molecule has 0 unspecified atom stereocenters. The van der Waals surface area contributed by atoms with E-state index in [0.29, 0.717) is 11.9 Å². The van der Waals surface area contributed by atoms with Gasteiger partial charge in [-0.2, -0.15) is 0 Å². The van der Waals surface area contributed by atoms with E-state index in [4.69, 9.17) is 5.41 Å². The van der Waals surface area contributed by atoms with Gasteiger partial charge >= 0.3 is 6.03 Å². The molecule has 0 fully saturated rings. The predicted octanol–water partition coefficient (Wildman–Crippen LogP) is -0.981. The molecule has 0 saturated heterocycles. The summed E-state index contributed by atoms with van der Waals surface area (Å²) in [4.78, 5) is 19.6. The summed E-state index contributed by atoms with van der Waals surface area (Å²) in [5, 5.41) is 15.0. The fraction of sp³-hybridized carbons (Fsp3) is 0. The SMILES string of the molecule is N=C(N[N+](=O)[O-])SNC(N)=O. The molecule has 62 valence electrons. The average molecular weight is 179 g/mol. The highest BCUT2D eigenvalue weighted by Gasteiger charge is 2.03. The van der Waals surface area contributed by atoms with E-state index in [2.05, 4.69) is 5.73 Å². The van der Waals surface area contributed by atoms with Gasteiger partial charge < -0.3 is 5.73 Å². The number of nitrogens with one attached hydrogen (secondary N) is 3. The Balaban J connectivity index is 3.53. The summed E-state index contributed by atoms with van der Waals surface area (Å²) < 4.78 is 1.91. The van der Waals surface area contributed by atoms with Crippen molar-refractivity contribution in [3.8, 4) is 0 Å². The summed E-state index contributed by atoms with van der Waals surface area (Å²) in [5.74, 6) is 0. The Labute approximate surface area is 65.3 Å². The van der Waals surface area contributed by atoms with Crippen molar-refractivity contribution in [2.75, 3.05) is 0 Å². The number of amidine groups is 1. The van der Waals surface area contributed by atoms with Crippen LogP contribution in [0.4, 0.5) is 4.79 Å². The number of urea groups is 1. The first kappa shape index (κ1) is 9.49. The first-order valence-corrected chi connectivity index (χ1v) is 3.06. The smallest absolute Gasteiger partial charge is 0.322 e. The molecule has 0 heterocycles. The molecule has 5 N–H and O–H groups in total. The van der Waals surface area contributed by atoms with Crippen molar-refractivity contribution in [1.82, 2.24) is 10.1 Å². The lowest BCUT2D eigenvalue weighted by molar-refractivity contribution is -0.524. The minimum Gasteiger partial charge on any atom is -0.351 e. The summed E-state index contributed by atoms with van der Waals surface area (Å²) in [6.45, 7) is 0. The lowest BCUT2D eigenvalue weighted by atomic mass is 11.2. The number of hydrazine groups is 1. The monoisotopic (exact) mass is 179 g/mol. The van der Waals surface area contributed by atoms with E-state index in [0.717, 1.165) is 0 Å². The molecule has 11 heavy (non-hydrogen) atoms. The van der Waals surface area contributed by atoms with Gasteiger partial charge in [-0.15, -0.1) is 0 Å². The van der Waals surface area contributed by atoms with Crippen molar-refractivity contribution in [3.63, 3.8) is 0 Å². The van der Waals surface area contributed by atoms with Gasteiger partial charge in [0.05, 0.1) is 0 Å². The molecule has 0 aromatic rings. The van der Waals surface area contributed by atoms with Crippen LogP contribution in [0.3, 0.4) is 0 Å². The summed E-state index contributed by atoms with van der Waals surface area (Å²) in [5.41, 5.74) is 6.10. The number of primary amides is 1. The van der Waals surface area contributed by atoms with E-state index in [9.17, 15) is 14.9 Å². The quantitative estimate of drug-likeness (QED) is 0.135. The molecule has 0 bridgehead atoms. The van der Waals surface area contributed by atoms with Crippen molar-refractivity contribution >= 4 is 23.1 Å². The molecule has 0 aromatic carbocycles. The van der Waals surface area contributed by atoms with E-state index >= 15 is 0 Å². The molecular formula is C2H5N5O3S. The Hall–Kier alpha value is -1.51. The third-order valence-corrected chi connectivity index (χ3v) is 1.05. The molecule has 0 rings (SSSR count). The number of carbonyl (C=O) groups is 1. The second kappa shape index (κ2) is 4.33. The first-order chi connectivity index (χ1) is 5.02. The van der Waals surface area contributed by atoms with Crippen molar-refractivity contribution in [1.29, 1.82) is 5.41 Å². The van der Waals surface area contributed by atoms with Gasteiger partial charge in [0, 0.05) is 11.9 Å². The van der Waals surface area contributed by atoms with Crippen LogP contribution in [-0.4, -0.2) is 16.2 Å². The maximum atomic E-state index is 9.99. The number of hydrogen-bond donors (Lipinski definition) is 4. The summed E-state index contributed by atoms with van der Waals surface area (Å²) in [7, 11) is 0. The van der Waals surface area contributed by atoms with Crippen molar-refractivity contribution in [3.05, 3.63) is 10.1 Å². The van der Waals surface area contributed by atoms with Gasteiger partial charge in [-0.3, -0.25) is 10.1 Å². The van der Waals surface area contributed by atoms with Crippen LogP contribution >= 0.6 is 11.9 Å². The van der Waals surface area contributed by atoms with E-state index < -0.39 is 16.2 Å². The number of nitrogens with two attached hydrogens (primary N) is 1. The second-order valence-corrected chi connectivity index (χ2v) is 2.08. The van der Waals surface area contributed by atoms with Gasteiger partial charge in [-0.1, -0.05) is 5.43 Å². The van der Waals surface area contributed by atoms with E-state index in [-0.39, 0.29) is 0 Å². The maximum absolute atomic E-state index is 9.99. The fourth-order valence-electron chi connectivity index (χ4n) is 0.207. The number of nitro groups is 1. The van der Waals surface area contributed by atoms with Crippen molar-refractivity contribution in [2.24, 2.45) is 5.73 Å². The molecule has 0 aliphatic heterocycles. The normalized spacial score (nSPS) is 8.36. The Morgan fingerprint density at radius 3 is 2.64 bits per heavy atom. The molecule has 0 aromatic heterocycles. The van der Waals surface area contributed by atoms with Crippen LogP contribution in [0.25, 0.3) is 0 Å². The second-order valence-electron chi connectivity index (χ2n) is 1.27.